The summed E-state index contributed by atoms with van der Waals surface area (Å²) >= 11 is 0. The van der Waals surface area contributed by atoms with Crippen LogP contribution in [0.5, 0.6) is 0 Å². The zero-order valence-electron chi connectivity index (χ0n) is 22.8. The van der Waals surface area contributed by atoms with Gasteiger partial charge in [0, 0.05) is 5.92 Å². The number of unbranched alkanes of at least 4 members (excludes halogenated alkanes) is 1. The van der Waals surface area contributed by atoms with E-state index in [0.29, 0.717) is 0 Å². The molecule has 1 atom stereocenters. The van der Waals surface area contributed by atoms with Crippen molar-refractivity contribution in [3.8, 4) is 0 Å². The van der Waals surface area contributed by atoms with Crippen molar-refractivity contribution in [2.75, 3.05) is 19.6 Å². The largest absolute Gasteiger partial charge is 0.380 e. The van der Waals surface area contributed by atoms with Crippen LogP contribution in [0.3, 0.4) is 0 Å². The maximum atomic E-state index is 12.1. The van der Waals surface area contributed by atoms with Gasteiger partial charge in [0.25, 0.3) is 0 Å². The SMILES string of the molecule is CC(C)(C)c1ccc(C(C=O)CCCCN2CCC(C(O)(c3ccccc3)c3ccccc3)CC2)cc1. The van der Waals surface area contributed by atoms with Gasteiger partial charge in [-0.15, -0.1) is 0 Å². The van der Waals surface area contributed by atoms with E-state index in [1.54, 1.807) is 0 Å². The molecule has 0 aliphatic carbocycles. The fourth-order valence-corrected chi connectivity index (χ4v) is 5.84. The summed E-state index contributed by atoms with van der Waals surface area (Å²) in [6.07, 6.45) is 6.09. The lowest BCUT2D eigenvalue weighted by atomic mass is 9.72. The van der Waals surface area contributed by atoms with Crippen molar-refractivity contribution in [3.63, 3.8) is 0 Å². The fourth-order valence-electron chi connectivity index (χ4n) is 5.84. The minimum atomic E-state index is -0.964. The van der Waals surface area contributed by atoms with E-state index >= 15 is 0 Å². The summed E-state index contributed by atoms with van der Waals surface area (Å²) in [6, 6.07) is 28.9. The van der Waals surface area contributed by atoms with Crippen LogP contribution >= 0.6 is 0 Å². The summed E-state index contributed by atoms with van der Waals surface area (Å²) < 4.78 is 0. The third-order valence-electron chi connectivity index (χ3n) is 8.21. The molecule has 3 heteroatoms. The number of benzene rings is 3. The van der Waals surface area contributed by atoms with Crippen LogP contribution in [0.25, 0.3) is 0 Å². The maximum Gasteiger partial charge on any atom is 0.127 e. The Bertz CT molecular complexity index is 1050. The molecule has 3 aromatic carbocycles. The normalized spacial score (nSPS) is 16.4. The number of aldehydes is 1. The lowest BCUT2D eigenvalue weighted by molar-refractivity contribution is -0.109. The predicted octanol–water partition coefficient (Wildman–Crippen LogP) is 7.09. The van der Waals surface area contributed by atoms with Gasteiger partial charge >= 0.3 is 0 Å². The molecule has 1 aliphatic rings. The predicted molar refractivity (Wildman–Crippen MR) is 153 cm³/mol. The van der Waals surface area contributed by atoms with Gasteiger partial charge in [-0.1, -0.05) is 112 Å². The van der Waals surface area contributed by atoms with Gasteiger partial charge in [0.15, 0.2) is 0 Å². The number of hydrogen-bond acceptors (Lipinski definition) is 3. The van der Waals surface area contributed by atoms with E-state index in [1.165, 1.54) is 5.56 Å². The average molecular weight is 498 g/mol. The smallest absolute Gasteiger partial charge is 0.127 e. The first kappa shape index (κ1) is 27.3. The molecule has 1 N–H and O–H groups in total. The topological polar surface area (TPSA) is 40.5 Å². The van der Waals surface area contributed by atoms with Gasteiger partial charge in [0.1, 0.15) is 11.9 Å². The van der Waals surface area contributed by atoms with E-state index in [2.05, 4.69) is 74.2 Å². The summed E-state index contributed by atoms with van der Waals surface area (Å²) in [4.78, 5) is 14.3. The lowest BCUT2D eigenvalue weighted by Gasteiger charge is -2.42. The van der Waals surface area contributed by atoms with Crippen molar-refractivity contribution in [1.82, 2.24) is 4.90 Å². The van der Waals surface area contributed by atoms with Crippen molar-refractivity contribution in [3.05, 3.63) is 107 Å². The molecule has 3 aromatic rings. The van der Waals surface area contributed by atoms with Gasteiger partial charge < -0.3 is 14.8 Å². The Labute approximate surface area is 223 Å². The van der Waals surface area contributed by atoms with Crippen LogP contribution in [0.2, 0.25) is 0 Å². The van der Waals surface area contributed by atoms with E-state index in [9.17, 15) is 9.90 Å². The zero-order chi connectivity index (χ0) is 26.3. The van der Waals surface area contributed by atoms with Crippen molar-refractivity contribution in [2.45, 2.75) is 69.8 Å². The van der Waals surface area contributed by atoms with Gasteiger partial charge in [-0.25, -0.2) is 0 Å². The highest BCUT2D eigenvalue weighted by Gasteiger charge is 2.41. The Morgan fingerprint density at radius 3 is 1.84 bits per heavy atom. The molecule has 3 nitrogen and oxygen atoms in total. The fraction of sp³-hybridized carbons (Fsp3) is 0.441. The quantitative estimate of drug-likeness (QED) is 0.240. The molecule has 1 heterocycles. The van der Waals surface area contributed by atoms with Crippen LogP contribution in [0.15, 0.2) is 84.9 Å². The van der Waals surface area contributed by atoms with Crippen LogP contribution in [0, 0.1) is 5.92 Å². The highest BCUT2D eigenvalue weighted by molar-refractivity contribution is 5.62. The Kier molecular flexibility index (Phi) is 9.00. The Hall–Kier alpha value is -2.75. The van der Waals surface area contributed by atoms with Crippen molar-refractivity contribution in [2.24, 2.45) is 5.92 Å². The summed E-state index contributed by atoms with van der Waals surface area (Å²) in [5.41, 5.74) is 3.56. The highest BCUT2D eigenvalue weighted by Crippen LogP contribution is 2.42. The molecule has 4 rings (SSSR count). The number of likely N-dealkylation sites (tertiary alicyclic amines) is 1. The maximum absolute atomic E-state index is 12.1. The van der Waals surface area contributed by atoms with E-state index in [4.69, 9.17) is 0 Å². The molecule has 0 amide bonds. The number of carbonyl (C=O) groups is 1. The Balaban J connectivity index is 1.29. The van der Waals surface area contributed by atoms with E-state index in [0.717, 1.165) is 74.7 Å². The number of carbonyl (C=O) groups excluding carboxylic acids is 1. The Morgan fingerprint density at radius 1 is 0.811 bits per heavy atom. The van der Waals surface area contributed by atoms with Gasteiger partial charge in [-0.2, -0.15) is 0 Å². The third-order valence-corrected chi connectivity index (χ3v) is 8.21. The zero-order valence-corrected chi connectivity index (χ0v) is 22.8. The second-order valence-corrected chi connectivity index (χ2v) is 11.7. The first-order chi connectivity index (χ1) is 17.8. The average Bonchev–Trinajstić information content (AvgIpc) is 2.93. The van der Waals surface area contributed by atoms with E-state index < -0.39 is 5.60 Å². The first-order valence-corrected chi connectivity index (χ1v) is 13.9. The van der Waals surface area contributed by atoms with Crippen LogP contribution in [0.4, 0.5) is 0 Å². The standard InChI is InChI=1S/C34H43NO2/c1-33(2,3)29-19-17-27(18-20-29)28(26-36)12-10-11-23-35-24-21-32(22-25-35)34(37,30-13-6-4-7-14-30)31-15-8-5-9-16-31/h4-9,13-20,26,28,32,37H,10-12,21-25H2,1-3H3. The van der Waals surface area contributed by atoms with Gasteiger partial charge in [-0.05, 0) is 78.9 Å². The molecule has 0 spiro atoms. The monoisotopic (exact) mass is 497 g/mol. The second kappa shape index (κ2) is 12.2. The van der Waals surface area contributed by atoms with Gasteiger partial charge in [-0.3, -0.25) is 0 Å². The molecule has 1 fully saturated rings. The van der Waals surface area contributed by atoms with Crippen LogP contribution < -0.4 is 0 Å². The number of hydrogen-bond donors (Lipinski definition) is 1. The number of nitrogens with zero attached hydrogens (tertiary/aromatic N) is 1. The third kappa shape index (κ3) is 6.58. The summed E-state index contributed by atoms with van der Waals surface area (Å²) in [6.45, 7) is 9.69. The van der Waals surface area contributed by atoms with E-state index in [1.807, 2.05) is 36.4 Å². The molecule has 0 radical (unpaired) electrons. The van der Waals surface area contributed by atoms with Crippen molar-refractivity contribution < 1.29 is 9.90 Å². The molecule has 0 aromatic heterocycles. The van der Waals surface area contributed by atoms with E-state index in [-0.39, 0.29) is 17.3 Å². The second-order valence-electron chi connectivity index (χ2n) is 11.7. The molecular weight excluding hydrogens is 454 g/mol. The van der Waals surface area contributed by atoms with Crippen molar-refractivity contribution in [1.29, 1.82) is 0 Å². The van der Waals surface area contributed by atoms with Crippen LogP contribution in [-0.2, 0) is 15.8 Å². The molecular formula is C34H43NO2. The molecule has 1 saturated heterocycles. The summed E-state index contributed by atoms with van der Waals surface area (Å²) in [5, 5.41) is 12.1. The highest BCUT2D eigenvalue weighted by atomic mass is 16.3. The summed E-state index contributed by atoms with van der Waals surface area (Å²) in [7, 11) is 0. The number of piperidine rings is 1. The van der Waals surface area contributed by atoms with Crippen LogP contribution in [0.1, 0.15) is 81.0 Å². The molecule has 1 unspecified atom stereocenters. The minimum absolute atomic E-state index is 0.0218. The summed E-state index contributed by atoms with van der Waals surface area (Å²) in [5.74, 6) is 0.163. The Morgan fingerprint density at radius 2 is 1.35 bits per heavy atom. The molecule has 196 valence electrons. The minimum Gasteiger partial charge on any atom is -0.380 e. The van der Waals surface area contributed by atoms with Crippen molar-refractivity contribution >= 4 is 6.29 Å². The lowest BCUT2D eigenvalue weighted by Crippen LogP contribution is -2.44. The molecule has 37 heavy (non-hydrogen) atoms. The van der Waals surface area contributed by atoms with Gasteiger partial charge in [0.05, 0.1) is 0 Å². The number of rotatable bonds is 10. The molecule has 0 saturated carbocycles. The molecule has 0 bridgehead atoms. The number of aliphatic hydroxyl groups is 1. The first-order valence-electron chi connectivity index (χ1n) is 13.9. The molecule has 1 aliphatic heterocycles. The van der Waals surface area contributed by atoms with Gasteiger partial charge in [0.2, 0.25) is 0 Å². The van der Waals surface area contributed by atoms with Crippen LogP contribution in [-0.4, -0.2) is 35.9 Å².